The van der Waals surface area contributed by atoms with Gasteiger partial charge in [-0.3, -0.25) is 4.79 Å². The first-order valence-corrected chi connectivity index (χ1v) is 10.0. The largest absolute Gasteiger partial charge is 0.449 e. The summed E-state index contributed by atoms with van der Waals surface area (Å²) in [6.45, 7) is 3.37. The number of ether oxygens (including phenoxy) is 1. The van der Waals surface area contributed by atoms with Crippen LogP contribution in [0.3, 0.4) is 0 Å². The van der Waals surface area contributed by atoms with Crippen molar-refractivity contribution in [1.82, 2.24) is 4.90 Å². The Kier molecular flexibility index (Phi) is 6.05. The lowest BCUT2D eigenvalue weighted by Crippen LogP contribution is -2.46. The molecule has 2 atom stereocenters. The van der Waals surface area contributed by atoms with Gasteiger partial charge in [-0.05, 0) is 38.5 Å². The number of carbonyl (C=O) groups excluding carboxylic acids is 2. The first-order chi connectivity index (χ1) is 11.6. The van der Waals surface area contributed by atoms with Crippen LogP contribution in [-0.4, -0.2) is 55.4 Å². The van der Waals surface area contributed by atoms with Crippen LogP contribution in [0.2, 0.25) is 5.02 Å². The molecule has 0 aliphatic carbocycles. The van der Waals surface area contributed by atoms with E-state index in [-0.39, 0.29) is 28.6 Å². The van der Waals surface area contributed by atoms with Crippen molar-refractivity contribution in [3.8, 4) is 0 Å². The standard InChI is InChI=1S/C16H19ClFNO5S/c1-3-19(12-6-7-25(22,23)9-12)15(20)10(2)24-16(21)13-8-11(17)4-5-14(13)18/h4-5,8,10,12H,3,6-7,9H2,1-2H3. The molecule has 1 aliphatic heterocycles. The van der Waals surface area contributed by atoms with E-state index in [1.807, 2.05) is 0 Å². The third kappa shape index (κ3) is 4.70. The highest BCUT2D eigenvalue weighted by Crippen LogP contribution is 2.20. The summed E-state index contributed by atoms with van der Waals surface area (Å²) in [4.78, 5) is 26.0. The van der Waals surface area contributed by atoms with Gasteiger partial charge in [0.1, 0.15) is 5.82 Å². The van der Waals surface area contributed by atoms with Crippen molar-refractivity contribution < 1.29 is 27.1 Å². The summed E-state index contributed by atoms with van der Waals surface area (Å²) in [5.74, 6) is -2.39. The third-order valence-electron chi connectivity index (χ3n) is 4.05. The molecule has 1 amide bonds. The Balaban J connectivity index is 2.08. The quantitative estimate of drug-likeness (QED) is 0.718. The van der Waals surface area contributed by atoms with Gasteiger partial charge in [0.25, 0.3) is 5.91 Å². The number of benzene rings is 1. The van der Waals surface area contributed by atoms with Gasteiger partial charge in [-0.1, -0.05) is 11.6 Å². The normalized spacial score (nSPS) is 20.1. The van der Waals surface area contributed by atoms with E-state index in [9.17, 15) is 22.4 Å². The smallest absolute Gasteiger partial charge is 0.341 e. The lowest BCUT2D eigenvalue weighted by atomic mass is 10.2. The van der Waals surface area contributed by atoms with Gasteiger partial charge in [0.05, 0.1) is 17.1 Å². The first-order valence-electron chi connectivity index (χ1n) is 7.81. The van der Waals surface area contributed by atoms with Crippen LogP contribution in [0.1, 0.15) is 30.6 Å². The summed E-state index contributed by atoms with van der Waals surface area (Å²) < 4.78 is 42.0. The van der Waals surface area contributed by atoms with Gasteiger partial charge in [0.2, 0.25) is 0 Å². The molecule has 0 bridgehead atoms. The molecule has 9 heteroatoms. The Labute approximate surface area is 150 Å². The fourth-order valence-electron chi connectivity index (χ4n) is 2.78. The number of rotatable bonds is 5. The fourth-order valence-corrected chi connectivity index (χ4v) is 4.68. The molecule has 2 rings (SSSR count). The first kappa shape index (κ1) is 19.7. The second-order valence-electron chi connectivity index (χ2n) is 5.85. The van der Waals surface area contributed by atoms with E-state index in [0.29, 0.717) is 6.42 Å². The third-order valence-corrected chi connectivity index (χ3v) is 6.04. The van der Waals surface area contributed by atoms with Crippen molar-refractivity contribution >= 4 is 33.3 Å². The van der Waals surface area contributed by atoms with Gasteiger partial charge in [0.15, 0.2) is 15.9 Å². The molecule has 6 nitrogen and oxygen atoms in total. The van der Waals surface area contributed by atoms with Crippen LogP contribution in [0, 0.1) is 5.82 Å². The van der Waals surface area contributed by atoms with Crippen molar-refractivity contribution in [2.45, 2.75) is 32.4 Å². The van der Waals surface area contributed by atoms with Crippen molar-refractivity contribution in [3.05, 3.63) is 34.6 Å². The predicted octanol–water partition coefficient (Wildman–Crippen LogP) is 2.06. The molecule has 0 spiro atoms. The van der Waals surface area contributed by atoms with Gasteiger partial charge in [0, 0.05) is 17.6 Å². The lowest BCUT2D eigenvalue weighted by Gasteiger charge is -2.29. The second-order valence-corrected chi connectivity index (χ2v) is 8.52. The van der Waals surface area contributed by atoms with Crippen molar-refractivity contribution in [3.63, 3.8) is 0 Å². The molecule has 1 heterocycles. The minimum absolute atomic E-state index is 0.0311. The molecule has 1 aliphatic rings. The Hall–Kier alpha value is -1.67. The highest BCUT2D eigenvalue weighted by Gasteiger charge is 2.36. The maximum Gasteiger partial charge on any atom is 0.341 e. The Morgan fingerprint density at radius 3 is 2.68 bits per heavy atom. The summed E-state index contributed by atoms with van der Waals surface area (Å²) in [5.41, 5.74) is -0.362. The summed E-state index contributed by atoms with van der Waals surface area (Å²) in [5, 5.41) is 0.165. The summed E-state index contributed by atoms with van der Waals surface area (Å²) in [6, 6.07) is 3.01. The number of halogens is 2. The van der Waals surface area contributed by atoms with E-state index in [4.69, 9.17) is 16.3 Å². The number of nitrogens with zero attached hydrogens (tertiary/aromatic N) is 1. The molecule has 1 fully saturated rings. The van der Waals surface area contributed by atoms with Gasteiger partial charge >= 0.3 is 5.97 Å². The molecule has 138 valence electrons. The Morgan fingerprint density at radius 2 is 2.12 bits per heavy atom. The monoisotopic (exact) mass is 391 g/mol. The number of amides is 1. The maximum absolute atomic E-state index is 13.7. The zero-order valence-corrected chi connectivity index (χ0v) is 15.4. The van der Waals surface area contributed by atoms with E-state index in [1.54, 1.807) is 6.92 Å². The Morgan fingerprint density at radius 1 is 1.44 bits per heavy atom. The van der Waals surface area contributed by atoms with Crippen LogP contribution >= 0.6 is 11.6 Å². The van der Waals surface area contributed by atoms with Crippen LogP contribution in [0.5, 0.6) is 0 Å². The maximum atomic E-state index is 13.7. The molecule has 0 aromatic heterocycles. The molecule has 1 aromatic carbocycles. The minimum atomic E-state index is -3.15. The van der Waals surface area contributed by atoms with Gasteiger partial charge in [-0.25, -0.2) is 17.6 Å². The average molecular weight is 392 g/mol. The minimum Gasteiger partial charge on any atom is -0.449 e. The van der Waals surface area contributed by atoms with Crippen LogP contribution in [0.4, 0.5) is 4.39 Å². The number of carbonyl (C=O) groups is 2. The van der Waals surface area contributed by atoms with Gasteiger partial charge < -0.3 is 9.64 Å². The van der Waals surface area contributed by atoms with Gasteiger partial charge in [-0.15, -0.1) is 0 Å². The molecule has 1 aromatic rings. The number of hydrogen-bond acceptors (Lipinski definition) is 5. The summed E-state index contributed by atoms with van der Waals surface area (Å²) in [7, 11) is -3.15. The highest BCUT2D eigenvalue weighted by atomic mass is 35.5. The van der Waals surface area contributed by atoms with E-state index in [0.717, 1.165) is 12.1 Å². The topological polar surface area (TPSA) is 80.8 Å². The van der Waals surface area contributed by atoms with E-state index in [1.165, 1.54) is 17.9 Å². The number of likely N-dealkylation sites (N-methyl/N-ethyl adjacent to an activating group) is 1. The summed E-state index contributed by atoms with van der Waals surface area (Å²) >= 11 is 5.74. The number of hydrogen-bond donors (Lipinski definition) is 0. The number of sulfone groups is 1. The molecule has 25 heavy (non-hydrogen) atoms. The number of esters is 1. The molecule has 2 unspecified atom stereocenters. The zero-order chi connectivity index (χ0) is 18.8. The Bertz CT molecular complexity index is 783. The molecule has 0 N–H and O–H groups in total. The van der Waals surface area contributed by atoms with Gasteiger partial charge in [-0.2, -0.15) is 0 Å². The zero-order valence-electron chi connectivity index (χ0n) is 13.9. The SMILES string of the molecule is CCN(C(=O)C(C)OC(=O)c1cc(Cl)ccc1F)C1CCS(=O)(=O)C1. The van der Waals surface area contributed by atoms with E-state index >= 15 is 0 Å². The van der Waals surface area contributed by atoms with Crippen molar-refractivity contribution in [2.24, 2.45) is 0 Å². The van der Waals surface area contributed by atoms with E-state index in [2.05, 4.69) is 0 Å². The molecule has 0 radical (unpaired) electrons. The van der Waals surface area contributed by atoms with Crippen LogP contribution < -0.4 is 0 Å². The van der Waals surface area contributed by atoms with E-state index < -0.39 is 39.7 Å². The average Bonchev–Trinajstić information content (AvgIpc) is 2.89. The van der Waals surface area contributed by atoms with Crippen LogP contribution in [-0.2, 0) is 19.4 Å². The van der Waals surface area contributed by atoms with Crippen LogP contribution in [0.15, 0.2) is 18.2 Å². The van der Waals surface area contributed by atoms with Crippen LogP contribution in [0.25, 0.3) is 0 Å². The lowest BCUT2D eigenvalue weighted by molar-refractivity contribution is -0.141. The predicted molar refractivity (Wildman–Crippen MR) is 90.7 cm³/mol. The molecule has 0 saturated carbocycles. The van der Waals surface area contributed by atoms with Crippen molar-refractivity contribution in [1.29, 1.82) is 0 Å². The highest BCUT2D eigenvalue weighted by molar-refractivity contribution is 7.91. The second kappa shape index (κ2) is 7.70. The fraction of sp³-hybridized carbons (Fsp3) is 0.500. The van der Waals surface area contributed by atoms with Crippen molar-refractivity contribution in [2.75, 3.05) is 18.1 Å². The molecular formula is C16H19ClFNO5S. The summed E-state index contributed by atoms with van der Waals surface area (Å²) in [6.07, 6.45) is -0.819. The molecular weight excluding hydrogens is 373 g/mol. The molecule has 1 saturated heterocycles.